The van der Waals surface area contributed by atoms with Crippen LogP contribution in [0, 0.1) is 6.92 Å². The van der Waals surface area contributed by atoms with Gasteiger partial charge in [0.25, 0.3) is 0 Å². The standard InChI is InChI=1S/C13H18N2O2S2/c1-9-8-11(2-3-12(9)13(14)18)15-10-4-6-19(16,17)7-5-10/h2-3,8,10,15H,4-7H2,1H3,(H2,14,18). The van der Waals surface area contributed by atoms with Crippen molar-refractivity contribution in [2.75, 3.05) is 16.8 Å². The molecule has 0 atom stereocenters. The summed E-state index contributed by atoms with van der Waals surface area (Å²) < 4.78 is 22.7. The second-order valence-electron chi connectivity index (χ2n) is 4.96. The molecule has 0 saturated carbocycles. The quantitative estimate of drug-likeness (QED) is 0.830. The lowest BCUT2D eigenvalue weighted by Gasteiger charge is -2.24. The number of benzene rings is 1. The van der Waals surface area contributed by atoms with Crippen molar-refractivity contribution < 1.29 is 8.42 Å². The molecule has 0 unspecified atom stereocenters. The van der Waals surface area contributed by atoms with Crippen molar-refractivity contribution in [2.24, 2.45) is 5.73 Å². The number of aryl methyl sites for hydroxylation is 1. The second-order valence-corrected chi connectivity index (χ2v) is 7.71. The van der Waals surface area contributed by atoms with Gasteiger partial charge in [0.05, 0.1) is 11.5 Å². The van der Waals surface area contributed by atoms with Crippen LogP contribution in [-0.2, 0) is 9.84 Å². The van der Waals surface area contributed by atoms with Crippen LogP contribution in [-0.4, -0.2) is 31.0 Å². The zero-order chi connectivity index (χ0) is 14.0. The van der Waals surface area contributed by atoms with E-state index < -0.39 is 9.84 Å². The van der Waals surface area contributed by atoms with Gasteiger partial charge >= 0.3 is 0 Å². The molecule has 104 valence electrons. The van der Waals surface area contributed by atoms with Crippen molar-refractivity contribution in [2.45, 2.75) is 25.8 Å². The first-order chi connectivity index (χ1) is 8.87. The third-order valence-electron chi connectivity index (χ3n) is 3.42. The maximum Gasteiger partial charge on any atom is 0.150 e. The van der Waals surface area contributed by atoms with E-state index in [2.05, 4.69) is 5.32 Å². The van der Waals surface area contributed by atoms with Crippen LogP contribution in [0.2, 0.25) is 0 Å². The normalized spacial score (nSPS) is 19.0. The molecule has 0 aliphatic carbocycles. The molecular weight excluding hydrogens is 280 g/mol. The molecule has 0 aromatic heterocycles. The Balaban J connectivity index is 2.04. The zero-order valence-electron chi connectivity index (χ0n) is 10.8. The van der Waals surface area contributed by atoms with E-state index in [9.17, 15) is 8.42 Å². The third-order valence-corrected chi connectivity index (χ3v) is 5.35. The fourth-order valence-electron chi connectivity index (χ4n) is 2.30. The average Bonchev–Trinajstić information content (AvgIpc) is 2.31. The molecule has 4 nitrogen and oxygen atoms in total. The topological polar surface area (TPSA) is 72.2 Å². The van der Waals surface area contributed by atoms with Crippen LogP contribution in [0.15, 0.2) is 18.2 Å². The highest BCUT2D eigenvalue weighted by atomic mass is 32.2. The fourth-order valence-corrected chi connectivity index (χ4v) is 4.02. The van der Waals surface area contributed by atoms with Gasteiger partial charge in [0, 0.05) is 17.3 Å². The molecule has 0 radical (unpaired) electrons. The van der Waals surface area contributed by atoms with Gasteiger partial charge in [-0.3, -0.25) is 0 Å². The summed E-state index contributed by atoms with van der Waals surface area (Å²) in [6.45, 7) is 1.96. The van der Waals surface area contributed by atoms with Crippen LogP contribution >= 0.6 is 12.2 Å². The van der Waals surface area contributed by atoms with Crippen molar-refractivity contribution in [1.29, 1.82) is 0 Å². The molecule has 0 spiro atoms. The predicted octanol–water partition coefficient (Wildman–Crippen LogP) is 1.62. The summed E-state index contributed by atoms with van der Waals surface area (Å²) in [5, 5.41) is 3.38. The Morgan fingerprint density at radius 3 is 2.53 bits per heavy atom. The molecule has 0 bridgehead atoms. The van der Waals surface area contributed by atoms with Gasteiger partial charge in [-0.1, -0.05) is 12.2 Å². The van der Waals surface area contributed by atoms with E-state index in [0.717, 1.165) is 16.8 Å². The molecule has 3 N–H and O–H groups in total. The van der Waals surface area contributed by atoms with Crippen molar-refractivity contribution in [3.05, 3.63) is 29.3 Å². The van der Waals surface area contributed by atoms with Crippen LogP contribution in [0.5, 0.6) is 0 Å². The molecular formula is C13H18N2O2S2. The van der Waals surface area contributed by atoms with E-state index in [0.29, 0.717) is 17.8 Å². The Morgan fingerprint density at radius 2 is 2.00 bits per heavy atom. The lowest BCUT2D eigenvalue weighted by Crippen LogP contribution is -2.32. The van der Waals surface area contributed by atoms with Gasteiger partial charge in [-0.15, -0.1) is 0 Å². The first kappa shape index (κ1) is 14.3. The SMILES string of the molecule is Cc1cc(NC2CCS(=O)(=O)CC2)ccc1C(N)=S. The molecule has 6 heteroatoms. The fraction of sp³-hybridized carbons (Fsp3) is 0.462. The number of hydrogen-bond acceptors (Lipinski definition) is 4. The zero-order valence-corrected chi connectivity index (χ0v) is 12.5. The van der Waals surface area contributed by atoms with Crippen LogP contribution in [0.1, 0.15) is 24.0 Å². The van der Waals surface area contributed by atoms with E-state index >= 15 is 0 Å². The van der Waals surface area contributed by atoms with E-state index in [4.69, 9.17) is 18.0 Å². The highest BCUT2D eigenvalue weighted by molar-refractivity contribution is 7.91. The Bertz CT molecular complexity index is 583. The lowest BCUT2D eigenvalue weighted by atomic mass is 10.1. The van der Waals surface area contributed by atoms with Crippen molar-refractivity contribution >= 4 is 32.7 Å². The number of nitrogens with two attached hydrogens (primary N) is 1. The highest BCUT2D eigenvalue weighted by Crippen LogP contribution is 2.20. The number of rotatable bonds is 3. The van der Waals surface area contributed by atoms with E-state index in [-0.39, 0.29) is 17.5 Å². The van der Waals surface area contributed by atoms with Crippen LogP contribution in [0.25, 0.3) is 0 Å². The monoisotopic (exact) mass is 298 g/mol. The van der Waals surface area contributed by atoms with Gasteiger partial charge in [0.2, 0.25) is 0 Å². The molecule has 19 heavy (non-hydrogen) atoms. The van der Waals surface area contributed by atoms with Crippen LogP contribution in [0.4, 0.5) is 5.69 Å². The molecule has 1 fully saturated rings. The van der Waals surface area contributed by atoms with Crippen LogP contribution < -0.4 is 11.1 Å². The largest absolute Gasteiger partial charge is 0.389 e. The molecule has 1 aromatic rings. The van der Waals surface area contributed by atoms with Gasteiger partial charge in [0.1, 0.15) is 14.8 Å². The van der Waals surface area contributed by atoms with Crippen molar-refractivity contribution in [3.8, 4) is 0 Å². The van der Waals surface area contributed by atoms with E-state index in [1.54, 1.807) is 0 Å². The Kier molecular flexibility index (Phi) is 4.10. The van der Waals surface area contributed by atoms with Gasteiger partial charge in [-0.05, 0) is 43.5 Å². The Morgan fingerprint density at radius 1 is 1.37 bits per heavy atom. The maximum atomic E-state index is 11.4. The molecule has 1 aliphatic rings. The summed E-state index contributed by atoms with van der Waals surface area (Å²) in [5.41, 5.74) is 8.52. The highest BCUT2D eigenvalue weighted by Gasteiger charge is 2.23. The molecule has 1 heterocycles. The lowest BCUT2D eigenvalue weighted by molar-refractivity contribution is 0.559. The van der Waals surface area contributed by atoms with E-state index in [1.807, 2.05) is 25.1 Å². The minimum atomic E-state index is -2.81. The number of thiocarbonyl (C=S) groups is 1. The van der Waals surface area contributed by atoms with Crippen molar-refractivity contribution in [1.82, 2.24) is 0 Å². The summed E-state index contributed by atoms with van der Waals surface area (Å²) in [5.74, 6) is 0.545. The van der Waals surface area contributed by atoms with Gasteiger partial charge < -0.3 is 11.1 Å². The maximum absolute atomic E-state index is 11.4. The number of nitrogens with one attached hydrogen (secondary N) is 1. The first-order valence-corrected chi connectivity index (χ1v) is 8.48. The summed E-state index contributed by atoms with van der Waals surface area (Å²) >= 11 is 4.97. The number of hydrogen-bond donors (Lipinski definition) is 2. The van der Waals surface area contributed by atoms with Crippen LogP contribution in [0.3, 0.4) is 0 Å². The Hall–Kier alpha value is -1.14. The molecule has 0 amide bonds. The Labute approximate surface area is 119 Å². The first-order valence-electron chi connectivity index (χ1n) is 6.25. The average molecular weight is 298 g/mol. The predicted molar refractivity (Wildman–Crippen MR) is 82.4 cm³/mol. The number of sulfone groups is 1. The summed E-state index contributed by atoms with van der Waals surface area (Å²) in [7, 11) is -2.81. The molecule has 1 aliphatic heterocycles. The minimum Gasteiger partial charge on any atom is -0.389 e. The van der Waals surface area contributed by atoms with Gasteiger partial charge in [-0.2, -0.15) is 0 Å². The third kappa shape index (κ3) is 3.67. The summed E-state index contributed by atoms with van der Waals surface area (Å²) in [4.78, 5) is 0.396. The van der Waals surface area contributed by atoms with E-state index in [1.165, 1.54) is 0 Å². The summed E-state index contributed by atoms with van der Waals surface area (Å²) in [6, 6.07) is 6.06. The summed E-state index contributed by atoms with van der Waals surface area (Å²) in [6.07, 6.45) is 1.33. The number of anilines is 1. The minimum absolute atomic E-state index is 0.221. The molecule has 1 saturated heterocycles. The smallest absolute Gasteiger partial charge is 0.150 e. The molecule has 2 rings (SSSR count). The second kappa shape index (κ2) is 5.46. The van der Waals surface area contributed by atoms with Gasteiger partial charge in [0.15, 0.2) is 0 Å². The molecule has 1 aromatic carbocycles. The van der Waals surface area contributed by atoms with Crippen molar-refractivity contribution in [3.63, 3.8) is 0 Å². The van der Waals surface area contributed by atoms with Gasteiger partial charge in [-0.25, -0.2) is 8.42 Å².